The standard InChI is InChI=1S/C21H26N2O2/c1-5-17-10-12-18(13-11-17)22-21(25)14-23(16(4)24)20-9-7-6-8-19(20)15(2)3/h6-13,15H,5,14H2,1-4H3,(H,22,25). The van der Waals surface area contributed by atoms with E-state index in [9.17, 15) is 9.59 Å². The minimum absolute atomic E-state index is 0.00536. The molecule has 0 saturated carbocycles. The van der Waals surface area contributed by atoms with Crippen LogP contribution < -0.4 is 10.2 Å². The monoisotopic (exact) mass is 338 g/mol. The summed E-state index contributed by atoms with van der Waals surface area (Å²) in [6.07, 6.45) is 0.957. The van der Waals surface area contributed by atoms with Gasteiger partial charge in [0.25, 0.3) is 0 Å². The molecule has 0 aliphatic carbocycles. The molecule has 0 spiro atoms. The molecular formula is C21H26N2O2. The zero-order valence-corrected chi connectivity index (χ0v) is 15.4. The molecule has 0 unspecified atom stereocenters. The summed E-state index contributed by atoms with van der Waals surface area (Å²) in [5, 5.41) is 2.86. The number of para-hydroxylation sites is 1. The summed E-state index contributed by atoms with van der Waals surface area (Å²) < 4.78 is 0. The Labute approximate surface area is 149 Å². The van der Waals surface area contributed by atoms with Crippen LogP contribution in [0.25, 0.3) is 0 Å². The third kappa shape index (κ3) is 4.92. The Balaban J connectivity index is 2.16. The first kappa shape index (κ1) is 18.7. The van der Waals surface area contributed by atoms with E-state index in [1.165, 1.54) is 17.4 Å². The van der Waals surface area contributed by atoms with Crippen LogP contribution in [0.3, 0.4) is 0 Å². The van der Waals surface area contributed by atoms with E-state index in [1.807, 2.05) is 48.5 Å². The van der Waals surface area contributed by atoms with E-state index in [0.717, 1.165) is 23.4 Å². The number of hydrogen-bond donors (Lipinski definition) is 1. The van der Waals surface area contributed by atoms with Crippen LogP contribution in [0.2, 0.25) is 0 Å². The summed E-state index contributed by atoms with van der Waals surface area (Å²) in [4.78, 5) is 26.1. The maximum absolute atomic E-state index is 12.4. The minimum atomic E-state index is -0.210. The van der Waals surface area contributed by atoms with Gasteiger partial charge in [0.1, 0.15) is 6.54 Å². The molecular weight excluding hydrogens is 312 g/mol. The van der Waals surface area contributed by atoms with Crippen molar-refractivity contribution in [2.75, 3.05) is 16.8 Å². The normalized spacial score (nSPS) is 10.6. The molecule has 1 N–H and O–H groups in total. The minimum Gasteiger partial charge on any atom is -0.325 e. The highest BCUT2D eigenvalue weighted by Crippen LogP contribution is 2.27. The van der Waals surface area contributed by atoms with E-state index in [4.69, 9.17) is 0 Å². The molecule has 4 heteroatoms. The van der Waals surface area contributed by atoms with Gasteiger partial charge in [0.2, 0.25) is 11.8 Å². The van der Waals surface area contributed by atoms with Gasteiger partial charge in [-0.05, 0) is 41.7 Å². The molecule has 0 aromatic heterocycles. The van der Waals surface area contributed by atoms with E-state index in [1.54, 1.807) is 0 Å². The molecule has 2 aromatic carbocycles. The van der Waals surface area contributed by atoms with Crippen molar-refractivity contribution < 1.29 is 9.59 Å². The van der Waals surface area contributed by atoms with Crippen LogP contribution in [-0.2, 0) is 16.0 Å². The van der Waals surface area contributed by atoms with E-state index in [0.29, 0.717) is 0 Å². The van der Waals surface area contributed by atoms with Crippen molar-refractivity contribution in [1.82, 2.24) is 0 Å². The van der Waals surface area contributed by atoms with Gasteiger partial charge in [-0.2, -0.15) is 0 Å². The SMILES string of the molecule is CCc1ccc(NC(=O)CN(C(C)=O)c2ccccc2C(C)C)cc1. The van der Waals surface area contributed by atoms with E-state index >= 15 is 0 Å². The Morgan fingerprint density at radius 1 is 1.04 bits per heavy atom. The first-order chi connectivity index (χ1) is 11.9. The molecule has 0 bridgehead atoms. The van der Waals surface area contributed by atoms with Crippen LogP contribution in [-0.4, -0.2) is 18.4 Å². The van der Waals surface area contributed by atoms with Crippen LogP contribution in [0.1, 0.15) is 44.7 Å². The third-order valence-electron chi connectivity index (χ3n) is 4.18. The van der Waals surface area contributed by atoms with Crippen molar-refractivity contribution >= 4 is 23.2 Å². The van der Waals surface area contributed by atoms with Crippen LogP contribution in [0, 0.1) is 0 Å². The quantitative estimate of drug-likeness (QED) is 0.850. The summed E-state index contributed by atoms with van der Waals surface area (Å²) in [6.45, 7) is 7.72. The van der Waals surface area contributed by atoms with Crippen molar-refractivity contribution in [3.8, 4) is 0 Å². The Bertz CT molecular complexity index is 736. The molecule has 0 aliphatic rings. The summed E-state index contributed by atoms with van der Waals surface area (Å²) in [5.74, 6) is -0.0923. The first-order valence-corrected chi connectivity index (χ1v) is 8.68. The van der Waals surface area contributed by atoms with Crippen LogP contribution in [0.5, 0.6) is 0 Å². The summed E-state index contributed by atoms with van der Waals surface area (Å²) in [7, 11) is 0. The lowest BCUT2D eigenvalue weighted by molar-refractivity contribution is -0.120. The summed E-state index contributed by atoms with van der Waals surface area (Å²) >= 11 is 0. The van der Waals surface area contributed by atoms with Crippen molar-refractivity contribution in [2.45, 2.75) is 40.0 Å². The second-order valence-corrected chi connectivity index (χ2v) is 6.42. The second-order valence-electron chi connectivity index (χ2n) is 6.42. The smallest absolute Gasteiger partial charge is 0.244 e. The van der Waals surface area contributed by atoms with Crippen LogP contribution >= 0.6 is 0 Å². The number of anilines is 2. The average Bonchev–Trinajstić information content (AvgIpc) is 2.60. The molecule has 2 aromatic rings. The Morgan fingerprint density at radius 3 is 2.24 bits per heavy atom. The molecule has 2 amide bonds. The molecule has 0 saturated heterocycles. The zero-order chi connectivity index (χ0) is 18.4. The van der Waals surface area contributed by atoms with Gasteiger partial charge in [0.05, 0.1) is 0 Å². The molecule has 2 rings (SSSR count). The van der Waals surface area contributed by atoms with E-state index in [-0.39, 0.29) is 24.3 Å². The van der Waals surface area contributed by atoms with Gasteiger partial charge in [0, 0.05) is 18.3 Å². The number of hydrogen-bond acceptors (Lipinski definition) is 2. The van der Waals surface area contributed by atoms with Crippen molar-refractivity contribution in [1.29, 1.82) is 0 Å². The Kier molecular flexibility index (Phi) is 6.34. The number of amides is 2. The van der Waals surface area contributed by atoms with Gasteiger partial charge >= 0.3 is 0 Å². The third-order valence-corrected chi connectivity index (χ3v) is 4.18. The number of benzene rings is 2. The lowest BCUT2D eigenvalue weighted by Gasteiger charge is -2.25. The van der Waals surface area contributed by atoms with Crippen molar-refractivity contribution in [2.24, 2.45) is 0 Å². The molecule has 4 nitrogen and oxygen atoms in total. The Hall–Kier alpha value is -2.62. The van der Waals surface area contributed by atoms with Gasteiger partial charge in [-0.1, -0.05) is 51.1 Å². The number of carbonyl (C=O) groups excluding carboxylic acids is 2. The molecule has 0 atom stereocenters. The summed E-state index contributed by atoms with van der Waals surface area (Å²) in [6, 6.07) is 15.5. The highest BCUT2D eigenvalue weighted by atomic mass is 16.2. The highest BCUT2D eigenvalue weighted by Gasteiger charge is 2.19. The molecule has 0 radical (unpaired) electrons. The zero-order valence-electron chi connectivity index (χ0n) is 15.4. The number of rotatable bonds is 6. The van der Waals surface area contributed by atoms with Gasteiger partial charge in [-0.25, -0.2) is 0 Å². The van der Waals surface area contributed by atoms with Gasteiger partial charge in [-0.15, -0.1) is 0 Å². The second kappa shape index (κ2) is 8.47. The van der Waals surface area contributed by atoms with Gasteiger partial charge in [0.15, 0.2) is 0 Å². The number of carbonyl (C=O) groups is 2. The fourth-order valence-corrected chi connectivity index (χ4v) is 2.76. The number of nitrogens with one attached hydrogen (secondary N) is 1. The lowest BCUT2D eigenvalue weighted by Crippen LogP contribution is -2.37. The van der Waals surface area contributed by atoms with Gasteiger partial charge in [-0.3, -0.25) is 9.59 Å². The topological polar surface area (TPSA) is 49.4 Å². The molecule has 132 valence electrons. The lowest BCUT2D eigenvalue weighted by atomic mass is 10.0. The molecule has 0 fully saturated rings. The van der Waals surface area contributed by atoms with Crippen LogP contribution in [0.4, 0.5) is 11.4 Å². The number of aryl methyl sites for hydroxylation is 1. The van der Waals surface area contributed by atoms with Crippen molar-refractivity contribution in [3.05, 3.63) is 59.7 Å². The largest absolute Gasteiger partial charge is 0.325 e. The highest BCUT2D eigenvalue weighted by molar-refractivity contribution is 6.02. The number of nitrogens with zero attached hydrogens (tertiary/aromatic N) is 1. The Morgan fingerprint density at radius 2 is 1.68 bits per heavy atom. The van der Waals surface area contributed by atoms with Crippen LogP contribution in [0.15, 0.2) is 48.5 Å². The predicted octanol–water partition coefficient (Wildman–Crippen LogP) is 4.36. The molecule has 25 heavy (non-hydrogen) atoms. The van der Waals surface area contributed by atoms with Gasteiger partial charge < -0.3 is 10.2 Å². The van der Waals surface area contributed by atoms with Crippen molar-refractivity contribution in [3.63, 3.8) is 0 Å². The van der Waals surface area contributed by atoms with E-state index in [2.05, 4.69) is 26.1 Å². The maximum atomic E-state index is 12.4. The van der Waals surface area contributed by atoms with E-state index < -0.39 is 0 Å². The fraction of sp³-hybridized carbons (Fsp3) is 0.333. The fourth-order valence-electron chi connectivity index (χ4n) is 2.76. The maximum Gasteiger partial charge on any atom is 0.244 e. The summed E-state index contributed by atoms with van der Waals surface area (Å²) in [5.41, 5.74) is 3.80. The molecule has 0 heterocycles. The average molecular weight is 338 g/mol. The predicted molar refractivity (Wildman–Crippen MR) is 103 cm³/mol. The molecule has 0 aliphatic heterocycles. The first-order valence-electron chi connectivity index (χ1n) is 8.68.